The third-order valence-corrected chi connectivity index (χ3v) is 4.04. The van der Waals surface area contributed by atoms with Gasteiger partial charge in [0.05, 0.1) is 19.8 Å². The van der Waals surface area contributed by atoms with Crippen molar-refractivity contribution in [3.8, 4) is 22.9 Å². The van der Waals surface area contributed by atoms with Crippen LogP contribution in [0.1, 0.15) is 31.3 Å². The van der Waals surface area contributed by atoms with Crippen molar-refractivity contribution in [2.75, 3.05) is 13.7 Å². The number of hydrogen-bond donors (Lipinski definition) is 1. The van der Waals surface area contributed by atoms with E-state index in [4.69, 9.17) is 14.0 Å². The summed E-state index contributed by atoms with van der Waals surface area (Å²) in [5, 5.41) is 7.27. The van der Waals surface area contributed by atoms with Crippen molar-refractivity contribution < 1.29 is 18.4 Å². The molecule has 2 aromatic carbocycles. The monoisotopic (exact) mass is 371 g/mol. The van der Waals surface area contributed by atoms with Gasteiger partial charge in [-0.1, -0.05) is 23.4 Å². The van der Waals surface area contributed by atoms with Crippen LogP contribution in [0.4, 0.5) is 4.39 Å². The van der Waals surface area contributed by atoms with Crippen molar-refractivity contribution in [3.05, 3.63) is 59.7 Å². The van der Waals surface area contributed by atoms with Gasteiger partial charge in [-0.2, -0.15) is 4.98 Å². The molecule has 142 valence electrons. The predicted molar refractivity (Wildman–Crippen MR) is 99.1 cm³/mol. The van der Waals surface area contributed by atoms with Crippen LogP contribution in [0, 0.1) is 5.82 Å². The molecule has 0 saturated heterocycles. The van der Waals surface area contributed by atoms with E-state index in [2.05, 4.69) is 15.5 Å². The summed E-state index contributed by atoms with van der Waals surface area (Å²) in [6.07, 6.45) is 0. The van der Waals surface area contributed by atoms with Gasteiger partial charge in [0.2, 0.25) is 11.7 Å². The van der Waals surface area contributed by atoms with Crippen LogP contribution >= 0.6 is 0 Å². The van der Waals surface area contributed by atoms with E-state index in [0.29, 0.717) is 41.9 Å². The van der Waals surface area contributed by atoms with Gasteiger partial charge in [0.15, 0.2) is 11.5 Å². The average Bonchev–Trinajstić information content (AvgIpc) is 3.17. The Morgan fingerprint density at radius 3 is 2.78 bits per heavy atom. The Bertz CT molecular complexity index is 898. The van der Waals surface area contributed by atoms with Crippen LogP contribution in [-0.4, -0.2) is 23.9 Å². The van der Waals surface area contributed by atoms with Gasteiger partial charge in [-0.15, -0.1) is 0 Å². The Morgan fingerprint density at radius 2 is 2.04 bits per heavy atom. The third-order valence-electron chi connectivity index (χ3n) is 4.04. The summed E-state index contributed by atoms with van der Waals surface area (Å²) in [4.78, 5) is 4.36. The number of rotatable bonds is 8. The minimum absolute atomic E-state index is 0.169. The summed E-state index contributed by atoms with van der Waals surface area (Å²) >= 11 is 0. The van der Waals surface area contributed by atoms with Crippen LogP contribution in [0.5, 0.6) is 11.5 Å². The molecule has 6 nitrogen and oxygen atoms in total. The van der Waals surface area contributed by atoms with Gasteiger partial charge in [0, 0.05) is 12.1 Å². The van der Waals surface area contributed by atoms with Gasteiger partial charge < -0.3 is 19.3 Å². The van der Waals surface area contributed by atoms with Crippen molar-refractivity contribution in [3.63, 3.8) is 0 Å². The highest BCUT2D eigenvalue weighted by molar-refractivity contribution is 5.53. The van der Waals surface area contributed by atoms with Gasteiger partial charge in [-0.25, -0.2) is 4.39 Å². The summed E-state index contributed by atoms with van der Waals surface area (Å²) in [5.41, 5.74) is 1.62. The Balaban J connectivity index is 1.66. The normalized spacial score (nSPS) is 12.0. The summed E-state index contributed by atoms with van der Waals surface area (Å²) < 4.78 is 29.6. The molecule has 0 spiro atoms. The SMILES string of the molecule is CCOc1cc(CNC(C)c2nc(-c3cccc(F)c3)no2)ccc1OC. The Kier molecular flexibility index (Phi) is 6.03. The lowest BCUT2D eigenvalue weighted by atomic mass is 10.2. The summed E-state index contributed by atoms with van der Waals surface area (Å²) in [5.74, 6) is 1.87. The Labute approximate surface area is 157 Å². The molecular weight excluding hydrogens is 349 g/mol. The number of halogens is 1. The minimum Gasteiger partial charge on any atom is -0.493 e. The van der Waals surface area contributed by atoms with Crippen molar-refractivity contribution in [1.82, 2.24) is 15.5 Å². The lowest BCUT2D eigenvalue weighted by Gasteiger charge is -2.13. The lowest BCUT2D eigenvalue weighted by Crippen LogP contribution is -2.18. The number of aromatic nitrogens is 2. The van der Waals surface area contributed by atoms with Crippen LogP contribution in [0.25, 0.3) is 11.4 Å². The number of hydrogen-bond acceptors (Lipinski definition) is 6. The van der Waals surface area contributed by atoms with Crippen molar-refractivity contribution >= 4 is 0 Å². The van der Waals surface area contributed by atoms with Crippen LogP contribution in [0.3, 0.4) is 0 Å². The Morgan fingerprint density at radius 1 is 1.19 bits per heavy atom. The predicted octanol–water partition coefficient (Wildman–Crippen LogP) is 4.13. The molecular formula is C20H22FN3O3. The number of benzene rings is 2. The van der Waals surface area contributed by atoms with E-state index in [1.165, 1.54) is 12.1 Å². The Hall–Kier alpha value is -2.93. The van der Waals surface area contributed by atoms with E-state index in [0.717, 1.165) is 5.56 Å². The molecule has 0 saturated carbocycles. The second-order valence-electron chi connectivity index (χ2n) is 5.99. The molecule has 1 unspecified atom stereocenters. The number of methoxy groups -OCH3 is 1. The van der Waals surface area contributed by atoms with Crippen LogP contribution in [0.15, 0.2) is 47.0 Å². The summed E-state index contributed by atoms with van der Waals surface area (Å²) in [7, 11) is 1.61. The first-order valence-corrected chi connectivity index (χ1v) is 8.73. The maximum Gasteiger partial charge on any atom is 0.243 e. The van der Waals surface area contributed by atoms with Gasteiger partial charge >= 0.3 is 0 Å². The largest absolute Gasteiger partial charge is 0.493 e. The van der Waals surface area contributed by atoms with E-state index < -0.39 is 0 Å². The summed E-state index contributed by atoms with van der Waals surface area (Å²) in [6.45, 7) is 5.01. The molecule has 0 aliphatic heterocycles. The maximum absolute atomic E-state index is 13.4. The average molecular weight is 371 g/mol. The number of nitrogens with zero attached hydrogens (tertiary/aromatic N) is 2. The van der Waals surface area contributed by atoms with Crippen LogP contribution in [0.2, 0.25) is 0 Å². The minimum atomic E-state index is -0.338. The molecule has 1 atom stereocenters. The van der Waals surface area contributed by atoms with Crippen molar-refractivity contribution in [1.29, 1.82) is 0 Å². The highest BCUT2D eigenvalue weighted by Crippen LogP contribution is 2.28. The zero-order valence-electron chi connectivity index (χ0n) is 15.5. The molecule has 27 heavy (non-hydrogen) atoms. The fraction of sp³-hybridized carbons (Fsp3) is 0.300. The van der Waals surface area contributed by atoms with Gasteiger partial charge in [-0.3, -0.25) is 0 Å². The van der Waals surface area contributed by atoms with E-state index in [9.17, 15) is 4.39 Å². The zero-order chi connectivity index (χ0) is 19.2. The standard InChI is InChI=1S/C20H22FN3O3/c1-4-26-18-10-14(8-9-17(18)25-3)12-22-13(2)20-23-19(24-27-20)15-6-5-7-16(21)11-15/h5-11,13,22H,4,12H2,1-3H3. The zero-order valence-corrected chi connectivity index (χ0v) is 15.5. The van der Waals surface area contributed by atoms with E-state index >= 15 is 0 Å². The maximum atomic E-state index is 13.4. The number of nitrogens with one attached hydrogen (secondary N) is 1. The molecule has 0 amide bonds. The van der Waals surface area contributed by atoms with Crippen LogP contribution in [-0.2, 0) is 6.54 Å². The molecule has 1 heterocycles. The molecule has 0 bridgehead atoms. The van der Waals surface area contributed by atoms with E-state index in [1.54, 1.807) is 19.2 Å². The fourth-order valence-electron chi connectivity index (χ4n) is 2.61. The molecule has 3 rings (SSSR count). The first kappa shape index (κ1) is 18.8. The third kappa shape index (κ3) is 4.62. The summed E-state index contributed by atoms with van der Waals surface area (Å²) in [6, 6.07) is 11.7. The quantitative estimate of drug-likeness (QED) is 0.642. The second-order valence-corrected chi connectivity index (χ2v) is 5.99. The van der Waals surface area contributed by atoms with Gasteiger partial charge in [0.25, 0.3) is 0 Å². The molecule has 7 heteroatoms. The smallest absolute Gasteiger partial charge is 0.243 e. The molecule has 0 fully saturated rings. The van der Waals surface area contributed by atoms with Crippen molar-refractivity contribution in [2.24, 2.45) is 0 Å². The highest BCUT2D eigenvalue weighted by Gasteiger charge is 2.15. The molecule has 0 radical (unpaired) electrons. The van der Waals surface area contributed by atoms with Crippen LogP contribution < -0.4 is 14.8 Å². The second kappa shape index (κ2) is 8.64. The first-order chi connectivity index (χ1) is 13.1. The molecule has 0 aliphatic carbocycles. The lowest BCUT2D eigenvalue weighted by molar-refractivity contribution is 0.310. The van der Waals surface area contributed by atoms with Gasteiger partial charge in [0.1, 0.15) is 5.82 Å². The first-order valence-electron chi connectivity index (χ1n) is 8.73. The topological polar surface area (TPSA) is 69.4 Å². The molecule has 3 aromatic rings. The van der Waals surface area contributed by atoms with E-state index in [1.807, 2.05) is 32.0 Å². The highest BCUT2D eigenvalue weighted by atomic mass is 19.1. The van der Waals surface area contributed by atoms with Gasteiger partial charge in [-0.05, 0) is 43.7 Å². The number of ether oxygens (including phenoxy) is 2. The molecule has 1 aromatic heterocycles. The van der Waals surface area contributed by atoms with Crippen molar-refractivity contribution in [2.45, 2.75) is 26.4 Å². The fourth-order valence-corrected chi connectivity index (χ4v) is 2.61. The molecule has 1 N–H and O–H groups in total. The van der Waals surface area contributed by atoms with E-state index in [-0.39, 0.29) is 11.9 Å². The molecule has 0 aliphatic rings.